The Morgan fingerprint density at radius 1 is 1.00 bits per heavy atom. The van der Waals surface area contributed by atoms with Crippen molar-refractivity contribution in [3.8, 4) is 11.5 Å². The van der Waals surface area contributed by atoms with Crippen molar-refractivity contribution >= 4 is 49.8 Å². The Kier molecular flexibility index (Phi) is 7.85. The number of imidazole rings is 1. The molecule has 0 radical (unpaired) electrons. The van der Waals surface area contributed by atoms with Gasteiger partial charge in [0.25, 0.3) is 5.78 Å². The van der Waals surface area contributed by atoms with Gasteiger partial charge in [-0.15, -0.1) is 0 Å². The molecule has 0 saturated carbocycles. The van der Waals surface area contributed by atoms with Crippen molar-refractivity contribution in [2.45, 2.75) is 53.5 Å². The van der Waals surface area contributed by atoms with Crippen LogP contribution in [-0.2, 0) is 9.59 Å². The number of thiazole rings is 1. The maximum atomic E-state index is 13.9. The number of hydrogen-bond donors (Lipinski definition) is 1. The second kappa shape index (κ2) is 11.8. The molecule has 1 saturated heterocycles. The summed E-state index contributed by atoms with van der Waals surface area (Å²) in [5.74, 6) is -0.854. The molecule has 6 rings (SSSR count). The van der Waals surface area contributed by atoms with Crippen molar-refractivity contribution in [3.63, 3.8) is 0 Å². The predicted molar refractivity (Wildman–Crippen MR) is 172 cm³/mol. The van der Waals surface area contributed by atoms with E-state index in [1.807, 2.05) is 68.6 Å². The predicted octanol–water partition coefficient (Wildman–Crippen LogP) is 7.07. The number of nitrogens with zero attached hydrogens (tertiary/aromatic N) is 4. The highest BCUT2D eigenvalue weighted by Gasteiger charge is 2.49. The minimum atomic E-state index is -0.981. The van der Waals surface area contributed by atoms with Crippen LogP contribution in [0.25, 0.3) is 21.6 Å². The quantitative estimate of drug-likeness (QED) is 0.0823. The second-order valence-electron chi connectivity index (χ2n) is 10.9. The highest BCUT2D eigenvalue weighted by Crippen LogP contribution is 2.46. The Labute approximate surface area is 259 Å². The van der Waals surface area contributed by atoms with E-state index in [1.54, 1.807) is 18.2 Å². The van der Waals surface area contributed by atoms with Gasteiger partial charge >= 0.3 is 5.91 Å². The number of carbonyl (C=O) groups is 2. The molecule has 1 amide bonds. The van der Waals surface area contributed by atoms with Crippen LogP contribution in [-0.4, -0.2) is 44.4 Å². The molecule has 2 aromatic carbocycles. The fourth-order valence-corrected chi connectivity index (χ4v) is 6.64. The number of aryl methyl sites for hydroxylation is 3. The molecule has 3 aromatic heterocycles. The first-order valence-corrected chi connectivity index (χ1v) is 15.6. The zero-order valence-electron chi connectivity index (χ0n) is 25.4. The Morgan fingerprint density at radius 2 is 1.82 bits per heavy atom. The van der Waals surface area contributed by atoms with Gasteiger partial charge in [-0.25, -0.2) is 9.97 Å². The van der Waals surface area contributed by atoms with Crippen LogP contribution in [0.3, 0.4) is 0 Å². The van der Waals surface area contributed by atoms with E-state index in [4.69, 9.17) is 19.4 Å². The van der Waals surface area contributed by atoms with E-state index >= 15 is 0 Å². The van der Waals surface area contributed by atoms with Crippen LogP contribution in [0, 0.1) is 20.8 Å². The van der Waals surface area contributed by atoms with E-state index < -0.39 is 17.7 Å². The summed E-state index contributed by atoms with van der Waals surface area (Å²) in [5.41, 5.74) is 4.76. The molecule has 44 heavy (non-hydrogen) atoms. The fraction of sp³-hybridized carbons (Fsp3) is 0.294. The minimum absolute atomic E-state index is 0.0586. The molecule has 1 aliphatic rings. The number of ether oxygens (including phenoxy) is 2. The number of pyridine rings is 1. The van der Waals surface area contributed by atoms with Gasteiger partial charge in [0, 0.05) is 6.20 Å². The van der Waals surface area contributed by atoms with E-state index in [2.05, 4.69) is 6.92 Å². The molecule has 1 atom stereocenters. The fourth-order valence-electron chi connectivity index (χ4n) is 5.55. The number of Topliss-reactive ketones (excluding diaryl/α,β-unsaturated/α-hetero) is 1. The summed E-state index contributed by atoms with van der Waals surface area (Å²) in [6, 6.07) is 14.1. The third-order valence-corrected chi connectivity index (χ3v) is 8.85. The lowest BCUT2D eigenvalue weighted by Gasteiger charge is -2.24. The maximum absolute atomic E-state index is 13.9. The van der Waals surface area contributed by atoms with E-state index in [0.29, 0.717) is 46.7 Å². The molecule has 226 valence electrons. The van der Waals surface area contributed by atoms with Crippen molar-refractivity contribution in [1.82, 2.24) is 14.4 Å². The lowest BCUT2D eigenvalue weighted by Crippen LogP contribution is -2.29. The molecule has 0 bridgehead atoms. The zero-order chi connectivity index (χ0) is 31.1. The summed E-state index contributed by atoms with van der Waals surface area (Å²) in [6.45, 7) is 10.6. The first-order valence-electron chi connectivity index (χ1n) is 14.8. The van der Waals surface area contributed by atoms with Crippen LogP contribution in [0.4, 0.5) is 5.13 Å². The number of aromatic nitrogens is 3. The normalized spacial score (nSPS) is 16.4. The van der Waals surface area contributed by atoms with Crippen LogP contribution in [0.5, 0.6) is 11.5 Å². The number of aliphatic hydroxyl groups is 1. The van der Waals surface area contributed by atoms with Crippen LogP contribution >= 0.6 is 11.3 Å². The third-order valence-electron chi connectivity index (χ3n) is 7.83. The zero-order valence-corrected chi connectivity index (χ0v) is 26.2. The van der Waals surface area contributed by atoms with Gasteiger partial charge in [-0.05, 0) is 81.1 Å². The summed E-state index contributed by atoms with van der Waals surface area (Å²) < 4.78 is 14.7. The molecule has 9 nitrogen and oxygen atoms in total. The number of amides is 1. The molecule has 1 N–H and O–H groups in total. The van der Waals surface area contributed by atoms with Gasteiger partial charge in [0.2, 0.25) is 0 Å². The Morgan fingerprint density at radius 3 is 2.57 bits per heavy atom. The number of carbonyl (C=O) groups excluding carboxylic acids is 2. The highest BCUT2D eigenvalue weighted by atomic mass is 32.1. The smallest absolute Gasteiger partial charge is 0.301 e. The first kappa shape index (κ1) is 29.4. The van der Waals surface area contributed by atoms with Gasteiger partial charge in [0.05, 0.1) is 40.7 Å². The average Bonchev–Trinajstić information content (AvgIpc) is 3.65. The van der Waals surface area contributed by atoms with E-state index in [9.17, 15) is 14.7 Å². The largest absolute Gasteiger partial charge is 0.505 e. The van der Waals surface area contributed by atoms with Gasteiger partial charge in [0.1, 0.15) is 11.3 Å². The van der Waals surface area contributed by atoms with E-state index in [1.165, 1.54) is 16.2 Å². The minimum Gasteiger partial charge on any atom is -0.505 e. The number of ketones is 1. The first-order chi connectivity index (χ1) is 21.2. The topological polar surface area (TPSA) is 106 Å². The van der Waals surface area contributed by atoms with Gasteiger partial charge in [-0.3, -0.25) is 14.5 Å². The molecule has 0 spiro atoms. The standard InChI is InChI=1S/C34H34N4O5S/c1-6-8-16-43-24-14-12-22(18-25(24)42-7-2)29-27(30(39)28-21(5)37-15-9-10-20(4)32(37)36-28)31(40)33(41)38(29)34-35-23-13-11-19(3)17-26(23)44-34/h9-15,17-18,29,39H,6-8,16H2,1-5H3. The Balaban J connectivity index is 1.56. The lowest BCUT2D eigenvalue weighted by atomic mass is 9.96. The van der Waals surface area contributed by atoms with E-state index in [0.717, 1.165) is 34.2 Å². The summed E-state index contributed by atoms with van der Waals surface area (Å²) in [5, 5.41) is 12.2. The highest BCUT2D eigenvalue weighted by molar-refractivity contribution is 7.22. The molecular weight excluding hydrogens is 576 g/mol. The molecule has 4 heterocycles. The Hall–Kier alpha value is -4.70. The Bertz CT molecular complexity index is 1960. The third kappa shape index (κ3) is 4.98. The summed E-state index contributed by atoms with van der Waals surface area (Å²) >= 11 is 1.32. The van der Waals surface area contributed by atoms with Crippen molar-refractivity contribution in [3.05, 3.63) is 88.4 Å². The van der Waals surface area contributed by atoms with Crippen molar-refractivity contribution in [2.24, 2.45) is 0 Å². The average molecular weight is 611 g/mol. The SMILES string of the molecule is CCCCOc1ccc(C2C(=C(O)c3nc4c(C)cccn4c3C)C(=O)C(=O)N2c2nc3ccc(C)cc3s2)cc1OCC. The van der Waals surface area contributed by atoms with Gasteiger partial charge in [-0.1, -0.05) is 42.9 Å². The van der Waals surface area contributed by atoms with Gasteiger partial charge in [0.15, 0.2) is 22.4 Å². The molecule has 1 unspecified atom stereocenters. The van der Waals surface area contributed by atoms with E-state index in [-0.39, 0.29) is 17.0 Å². The van der Waals surface area contributed by atoms with Crippen molar-refractivity contribution in [1.29, 1.82) is 0 Å². The number of unbranched alkanes of at least 4 members (excludes halogenated alkanes) is 1. The number of hydrogen-bond acceptors (Lipinski definition) is 8. The lowest BCUT2D eigenvalue weighted by molar-refractivity contribution is -0.132. The molecular formula is C34H34N4O5S. The van der Waals surface area contributed by atoms with Crippen LogP contribution in [0.2, 0.25) is 0 Å². The summed E-state index contributed by atoms with van der Waals surface area (Å²) in [6.07, 6.45) is 3.73. The second-order valence-corrected chi connectivity index (χ2v) is 11.9. The van der Waals surface area contributed by atoms with Crippen molar-refractivity contribution < 1.29 is 24.2 Å². The molecule has 0 aliphatic carbocycles. The molecule has 1 aliphatic heterocycles. The number of benzene rings is 2. The molecule has 5 aromatic rings. The van der Waals surface area contributed by atoms with Gasteiger partial charge < -0.3 is 19.0 Å². The van der Waals surface area contributed by atoms with Crippen molar-refractivity contribution in [2.75, 3.05) is 18.1 Å². The molecule has 1 fully saturated rings. The van der Waals surface area contributed by atoms with Crippen LogP contribution in [0.1, 0.15) is 60.8 Å². The summed E-state index contributed by atoms with van der Waals surface area (Å²) in [4.78, 5) is 38.6. The summed E-state index contributed by atoms with van der Waals surface area (Å²) in [7, 11) is 0. The monoisotopic (exact) mass is 610 g/mol. The van der Waals surface area contributed by atoms with Crippen LogP contribution in [0.15, 0.2) is 60.3 Å². The molecule has 10 heteroatoms. The maximum Gasteiger partial charge on any atom is 0.301 e. The number of aliphatic hydroxyl groups excluding tert-OH is 1. The number of fused-ring (bicyclic) bond motifs is 2. The number of rotatable bonds is 9. The van der Waals surface area contributed by atoms with Crippen LogP contribution < -0.4 is 14.4 Å². The van der Waals surface area contributed by atoms with Gasteiger partial charge in [-0.2, -0.15) is 0 Å². The number of anilines is 1.